The molecule has 0 saturated heterocycles. The minimum Gasteiger partial charge on any atom is -0.412 e. The van der Waals surface area contributed by atoms with Gasteiger partial charge in [0, 0.05) is 52.2 Å². The molecule has 0 aromatic heterocycles. The summed E-state index contributed by atoms with van der Waals surface area (Å²) in [4.78, 5) is 0. The quantitative estimate of drug-likeness (QED) is 0.459. The van der Waals surface area contributed by atoms with Crippen molar-refractivity contribution in [1.29, 1.82) is 0 Å². The van der Waals surface area contributed by atoms with Crippen molar-refractivity contribution in [1.82, 2.24) is 0 Å². The van der Waals surface area contributed by atoms with Crippen molar-refractivity contribution >= 4 is 0 Å². The van der Waals surface area contributed by atoms with Crippen LogP contribution in [0.5, 0.6) is 0 Å². The van der Waals surface area contributed by atoms with E-state index in [-0.39, 0.29) is 63.1 Å². The van der Waals surface area contributed by atoms with E-state index < -0.39 is 0 Å². The van der Waals surface area contributed by atoms with Gasteiger partial charge < -0.3 is 11.0 Å². The molecule has 4 N–H and O–H groups in total. The second-order valence-electron chi connectivity index (χ2n) is 0. The van der Waals surface area contributed by atoms with Crippen molar-refractivity contribution in [2.45, 2.75) is 0 Å². The monoisotopic (exact) mass is 372 g/mol. The van der Waals surface area contributed by atoms with Gasteiger partial charge in [0.05, 0.1) is 0 Å². The number of rotatable bonds is 0. The maximum atomic E-state index is 0. The molecule has 0 aromatic carbocycles. The first-order chi connectivity index (χ1) is 0. The molecule has 0 atom stereocenters. The summed E-state index contributed by atoms with van der Waals surface area (Å²) in [6.07, 6.45) is 0. The molecule has 0 radical (unpaired) electrons. The Labute approximate surface area is 62.6 Å². The van der Waals surface area contributed by atoms with Crippen molar-refractivity contribution in [3.63, 3.8) is 0 Å². The molecule has 26 valence electrons. The zero-order chi connectivity index (χ0) is 0. The van der Waals surface area contributed by atoms with E-state index in [9.17, 15) is 0 Å². The fourth-order valence-electron chi connectivity index (χ4n) is 0. The summed E-state index contributed by atoms with van der Waals surface area (Å²) in [6, 6.07) is 0. The molecule has 2 nitrogen and oxygen atoms in total. The van der Waals surface area contributed by atoms with Crippen LogP contribution in [0.3, 0.4) is 0 Å². The Bertz CT molecular complexity index is 6.00. The Balaban J connectivity index is 0. The minimum absolute atomic E-state index is 0. The van der Waals surface area contributed by atoms with Crippen LogP contribution in [-0.2, 0) is 21.1 Å². The summed E-state index contributed by atoms with van der Waals surface area (Å²) < 4.78 is 0. The van der Waals surface area contributed by atoms with Gasteiger partial charge in [-0.15, -0.1) is 0 Å². The van der Waals surface area contributed by atoms with Crippen LogP contribution < -0.4 is 0 Å². The molecule has 0 spiro atoms. The van der Waals surface area contributed by atoms with Crippen molar-refractivity contribution < 1.29 is 63.1 Å². The minimum atomic E-state index is 0. The van der Waals surface area contributed by atoms with Gasteiger partial charge in [0.2, 0.25) is 0 Å². The maximum Gasteiger partial charge on any atom is 0 e. The third-order valence-corrected chi connectivity index (χ3v) is 0. The molecular weight excluding hydrogens is 366 g/mol. The molecule has 0 bridgehead atoms. The van der Waals surface area contributed by atoms with E-state index in [1.54, 1.807) is 0 Å². The fourth-order valence-corrected chi connectivity index (χ4v) is 0. The van der Waals surface area contributed by atoms with Gasteiger partial charge in [-0.05, 0) is 0 Å². The van der Waals surface area contributed by atoms with Gasteiger partial charge in [-0.2, -0.15) is 0 Å². The Hall–Kier alpha value is 1.66. The van der Waals surface area contributed by atoms with Gasteiger partial charge in [-0.1, -0.05) is 0 Å². The van der Waals surface area contributed by atoms with Crippen LogP contribution in [0.1, 0.15) is 0 Å². The molecule has 0 aliphatic rings. The smallest absolute Gasteiger partial charge is 0 e. The largest absolute Gasteiger partial charge is 0.412 e. The molecule has 0 saturated carbocycles. The normalized spacial score (nSPS) is 0. The second kappa shape index (κ2) is 22.7. The van der Waals surface area contributed by atoms with Crippen LogP contribution in [0.4, 0.5) is 0 Å². The van der Waals surface area contributed by atoms with E-state index in [4.69, 9.17) is 0 Å². The molecule has 4 heteroatoms. The average molecular weight is 370 g/mol. The van der Waals surface area contributed by atoms with Crippen molar-refractivity contribution in [2.75, 3.05) is 0 Å². The zero-order valence-corrected chi connectivity index (χ0v) is 8.08. The molecule has 0 amide bonds. The van der Waals surface area contributed by atoms with Crippen molar-refractivity contribution in [2.24, 2.45) is 0 Å². The molecule has 0 fully saturated rings. The summed E-state index contributed by atoms with van der Waals surface area (Å²) in [5.41, 5.74) is 0. The topological polar surface area (TPSA) is 63.0 Å². The first-order valence-electron chi connectivity index (χ1n) is 0. The van der Waals surface area contributed by atoms with Crippen LogP contribution >= 0.6 is 0 Å². The van der Waals surface area contributed by atoms with Gasteiger partial charge in [0.1, 0.15) is 0 Å². The van der Waals surface area contributed by atoms with Gasteiger partial charge in [0.15, 0.2) is 0 Å². The maximum absolute atomic E-state index is 0. The first-order valence-corrected chi connectivity index (χ1v) is 0. The van der Waals surface area contributed by atoms with Crippen LogP contribution in [0.2, 0.25) is 0 Å². The van der Waals surface area contributed by atoms with E-state index in [0.717, 1.165) is 0 Å². The second-order valence-corrected chi connectivity index (χ2v) is 0. The fraction of sp³-hybridized carbons (Fsp3) is 0. The summed E-state index contributed by atoms with van der Waals surface area (Å²) in [6.45, 7) is 0. The Morgan fingerprint density at radius 3 is 0.750 bits per heavy atom. The molecule has 0 aromatic rings. The SMILES string of the molecule is O.O.[Mo].[U]. The Morgan fingerprint density at radius 1 is 0.750 bits per heavy atom. The first kappa shape index (κ1) is 44.6. The standard InChI is InChI=1S/Mo.2H2O.U/h;2*1H2;. The summed E-state index contributed by atoms with van der Waals surface area (Å²) in [5, 5.41) is 0. The summed E-state index contributed by atoms with van der Waals surface area (Å²) in [5.74, 6) is 0. The van der Waals surface area contributed by atoms with E-state index in [1.807, 2.05) is 0 Å². The van der Waals surface area contributed by atoms with Gasteiger partial charge >= 0.3 is 0 Å². The van der Waals surface area contributed by atoms with Gasteiger partial charge in [-0.3, -0.25) is 0 Å². The Morgan fingerprint density at radius 2 is 0.750 bits per heavy atom. The molecule has 0 rings (SSSR count). The van der Waals surface area contributed by atoms with Crippen molar-refractivity contribution in [3.8, 4) is 0 Å². The van der Waals surface area contributed by atoms with E-state index in [2.05, 4.69) is 0 Å². The van der Waals surface area contributed by atoms with E-state index in [1.165, 1.54) is 0 Å². The van der Waals surface area contributed by atoms with Crippen LogP contribution in [-0.4, -0.2) is 11.0 Å². The van der Waals surface area contributed by atoms with Crippen LogP contribution in [0.15, 0.2) is 0 Å². The van der Waals surface area contributed by atoms with Gasteiger partial charge in [-0.25, -0.2) is 0 Å². The van der Waals surface area contributed by atoms with E-state index in [0.29, 0.717) is 0 Å². The predicted molar refractivity (Wildman–Crippen MR) is 7.23 cm³/mol. The molecule has 0 heterocycles. The summed E-state index contributed by atoms with van der Waals surface area (Å²) in [7, 11) is 0. The zero-order valence-electron chi connectivity index (χ0n) is 1.91. The molecule has 0 unspecified atom stereocenters. The third kappa shape index (κ3) is 9.40. The van der Waals surface area contributed by atoms with Gasteiger partial charge in [0.25, 0.3) is 0 Å². The Kier molecular flexibility index (Phi) is 253. The average Bonchev–Trinajstić information content (AvgIpc) is 0. The summed E-state index contributed by atoms with van der Waals surface area (Å²) >= 11 is 0. The number of hydrogen-bond acceptors (Lipinski definition) is 0. The molecule has 0 aliphatic carbocycles. The van der Waals surface area contributed by atoms with Crippen molar-refractivity contribution in [3.05, 3.63) is 0 Å². The van der Waals surface area contributed by atoms with Crippen LogP contribution in [0.25, 0.3) is 0 Å². The molecule has 0 aliphatic heterocycles. The third-order valence-electron chi connectivity index (χ3n) is 0. The molecular formula is H4MoO2U. The van der Waals surface area contributed by atoms with Crippen LogP contribution in [0, 0.1) is 31.1 Å². The number of hydrogen-bond donors (Lipinski definition) is 0. The molecule has 4 heavy (non-hydrogen) atoms. The predicted octanol–water partition coefficient (Wildman–Crippen LogP) is -1.65. The van der Waals surface area contributed by atoms with E-state index >= 15 is 0 Å².